The van der Waals surface area contributed by atoms with Crippen LogP contribution in [0.4, 0.5) is 10.1 Å². The van der Waals surface area contributed by atoms with Crippen LogP contribution in [0.5, 0.6) is 0 Å². The summed E-state index contributed by atoms with van der Waals surface area (Å²) in [6.07, 6.45) is 0. The van der Waals surface area contributed by atoms with Crippen LogP contribution in [0.2, 0.25) is 29.7 Å². The zero-order valence-corrected chi connectivity index (χ0v) is 16.2. The molecule has 0 spiro atoms. The summed E-state index contributed by atoms with van der Waals surface area (Å²) in [7, 11) is -0.616. The van der Waals surface area contributed by atoms with Gasteiger partial charge in [-0.05, 0) is 11.3 Å². The van der Waals surface area contributed by atoms with Crippen LogP contribution < -0.4 is 10.9 Å². The number of anilines is 1. The van der Waals surface area contributed by atoms with E-state index >= 15 is 0 Å². The lowest BCUT2D eigenvalue weighted by Gasteiger charge is -2.18. The zero-order chi connectivity index (χ0) is 18.2. The summed E-state index contributed by atoms with van der Waals surface area (Å²) in [4.78, 5) is 15.9. The highest BCUT2D eigenvalue weighted by molar-refractivity contribution is 6.88. The summed E-state index contributed by atoms with van der Waals surface area (Å²) in [6.45, 7) is 6.14. The fourth-order valence-electron chi connectivity index (χ4n) is 2.26. The Morgan fingerprint density at radius 2 is 1.88 bits per heavy atom. The number of hydrogen-bond donors (Lipinski definition) is 1. The number of ether oxygens (including phenoxy) is 1. The fraction of sp³-hybridized carbons (Fsp3) is 0.250. The van der Waals surface area contributed by atoms with Crippen molar-refractivity contribution >= 4 is 48.1 Å². The van der Waals surface area contributed by atoms with Crippen LogP contribution in [0.15, 0.2) is 18.2 Å². The van der Waals surface area contributed by atoms with Gasteiger partial charge < -0.3 is 10.5 Å². The molecule has 0 fully saturated rings. The molecule has 0 aliphatic rings. The molecule has 4 nitrogen and oxygen atoms in total. The highest BCUT2D eigenvalue weighted by Gasteiger charge is 2.24. The van der Waals surface area contributed by atoms with E-state index in [0.717, 1.165) is 0 Å². The quantitative estimate of drug-likeness (QED) is 0.636. The third kappa shape index (κ3) is 3.40. The molecule has 0 saturated heterocycles. The van der Waals surface area contributed by atoms with Crippen molar-refractivity contribution in [1.82, 2.24) is 4.98 Å². The minimum Gasteiger partial charge on any atom is -0.464 e. The molecule has 0 saturated carbocycles. The van der Waals surface area contributed by atoms with Gasteiger partial charge in [0.25, 0.3) is 0 Å². The topological polar surface area (TPSA) is 65.2 Å². The molecule has 8 heteroatoms. The smallest absolute Gasteiger partial charge is 0.358 e. The summed E-state index contributed by atoms with van der Waals surface area (Å²) in [5.74, 6) is -1.08. The van der Waals surface area contributed by atoms with E-state index in [1.54, 1.807) is 12.1 Å². The lowest BCUT2D eigenvalue weighted by atomic mass is 10.1. The van der Waals surface area contributed by atoms with Gasteiger partial charge in [0.2, 0.25) is 0 Å². The maximum atomic E-state index is 14.5. The van der Waals surface area contributed by atoms with Crippen molar-refractivity contribution in [3.8, 4) is 11.3 Å². The summed E-state index contributed by atoms with van der Waals surface area (Å²) in [5, 5.41) is 0.667. The molecule has 0 amide bonds. The standard InChI is InChI=1S/C16H17Cl2FN2O2Si/c1-23-16(22)15-12(18)13(20)11(17)14(21-15)8-5-6-10(9(19)7-8)24(2,3)4/h5-7H,1-4H3,(H2,20,21). The number of nitrogen functional groups attached to an aromatic ring is 1. The second kappa shape index (κ2) is 6.70. The summed E-state index contributed by atoms with van der Waals surface area (Å²) < 4.78 is 19.1. The Labute approximate surface area is 150 Å². The molecule has 0 bridgehead atoms. The van der Waals surface area contributed by atoms with Gasteiger partial charge in [0.1, 0.15) is 5.82 Å². The number of nitrogens with zero attached hydrogens (tertiary/aromatic N) is 1. The van der Waals surface area contributed by atoms with Crippen molar-refractivity contribution in [3.05, 3.63) is 39.8 Å². The van der Waals surface area contributed by atoms with Gasteiger partial charge in [0.05, 0.1) is 36.6 Å². The maximum Gasteiger partial charge on any atom is 0.358 e. The molecule has 2 aromatic rings. The van der Waals surface area contributed by atoms with Gasteiger partial charge in [-0.1, -0.05) is 55.0 Å². The number of rotatable bonds is 3. The lowest BCUT2D eigenvalue weighted by Crippen LogP contribution is -2.39. The predicted octanol–water partition coefficient (Wildman–Crippen LogP) is 4.11. The van der Waals surface area contributed by atoms with Gasteiger partial charge in [0.15, 0.2) is 5.69 Å². The minimum atomic E-state index is -1.82. The Bertz CT molecular complexity index is 823. The highest BCUT2D eigenvalue weighted by Crippen LogP contribution is 2.37. The molecular formula is C16H17Cl2FN2O2Si. The Hall–Kier alpha value is -1.63. The summed E-state index contributed by atoms with van der Waals surface area (Å²) in [6, 6.07) is 4.77. The second-order valence-electron chi connectivity index (χ2n) is 6.29. The third-order valence-corrected chi connectivity index (χ3v) is 6.33. The van der Waals surface area contributed by atoms with Gasteiger partial charge in [-0.3, -0.25) is 0 Å². The zero-order valence-electron chi connectivity index (χ0n) is 13.7. The first-order valence-corrected chi connectivity index (χ1v) is 11.4. The Kier molecular flexibility index (Phi) is 5.22. The van der Waals surface area contributed by atoms with E-state index in [1.807, 2.05) is 19.6 Å². The van der Waals surface area contributed by atoms with E-state index in [0.29, 0.717) is 10.8 Å². The van der Waals surface area contributed by atoms with Gasteiger partial charge >= 0.3 is 5.97 Å². The van der Waals surface area contributed by atoms with Crippen molar-refractivity contribution in [2.75, 3.05) is 12.8 Å². The van der Waals surface area contributed by atoms with Crippen LogP contribution in [0.25, 0.3) is 11.3 Å². The first kappa shape index (κ1) is 18.7. The second-order valence-corrected chi connectivity index (χ2v) is 12.1. The van der Waals surface area contributed by atoms with Gasteiger partial charge in [-0.15, -0.1) is 0 Å². The number of pyridine rings is 1. The predicted molar refractivity (Wildman–Crippen MR) is 98.4 cm³/mol. The number of aromatic nitrogens is 1. The van der Waals surface area contributed by atoms with Crippen LogP contribution in [-0.2, 0) is 4.74 Å². The molecule has 1 aromatic heterocycles. The van der Waals surface area contributed by atoms with Gasteiger partial charge in [-0.25, -0.2) is 14.2 Å². The average molecular weight is 387 g/mol. The lowest BCUT2D eigenvalue weighted by molar-refractivity contribution is 0.0594. The Balaban J connectivity index is 2.67. The van der Waals surface area contributed by atoms with E-state index in [1.165, 1.54) is 13.2 Å². The van der Waals surface area contributed by atoms with E-state index in [4.69, 9.17) is 28.9 Å². The molecule has 1 heterocycles. The number of benzene rings is 1. The number of esters is 1. The van der Waals surface area contributed by atoms with E-state index in [9.17, 15) is 9.18 Å². The summed E-state index contributed by atoms with van der Waals surface area (Å²) >= 11 is 12.2. The number of hydrogen-bond acceptors (Lipinski definition) is 4. The molecule has 128 valence electrons. The van der Waals surface area contributed by atoms with Crippen molar-refractivity contribution in [2.24, 2.45) is 0 Å². The van der Waals surface area contributed by atoms with Crippen LogP contribution in [-0.4, -0.2) is 26.1 Å². The first-order chi connectivity index (χ1) is 11.1. The number of halogens is 3. The van der Waals surface area contributed by atoms with E-state index < -0.39 is 14.0 Å². The molecule has 0 unspecified atom stereocenters. The van der Waals surface area contributed by atoms with Crippen molar-refractivity contribution in [1.29, 1.82) is 0 Å². The van der Waals surface area contributed by atoms with Crippen LogP contribution in [0.1, 0.15) is 10.5 Å². The van der Waals surface area contributed by atoms with E-state index in [2.05, 4.69) is 9.72 Å². The number of carbonyl (C=O) groups is 1. The average Bonchev–Trinajstić information content (AvgIpc) is 2.51. The van der Waals surface area contributed by atoms with Crippen molar-refractivity contribution in [3.63, 3.8) is 0 Å². The molecular weight excluding hydrogens is 370 g/mol. The van der Waals surface area contributed by atoms with E-state index in [-0.39, 0.29) is 32.9 Å². The van der Waals surface area contributed by atoms with Crippen molar-refractivity contribution < 1.29 is 13.9 Å². The Morgan fingerprint density at radius 1 is 1.25 bits per heavy atom. The fourth-order valence-corrected chi connectivity index (χ4v) is 4.14. The van der Waals surface area contributed by atoms with Gasteiger partial charge in [-0.2, -0.15) is 0 Å². The van der Waals surface area contributed by atoms with Crippen LogP contribution in [0.3, 0.4) is 0 Å². The van der Waals surface area contributed by atoms with Crippen LogP contribution >= 0.6 is 23.2 Å². The molecule has 24 heavy (non-hydrogen) atoms. The number of carbonyl (C=O) groups excluding carboxylic acids is 1. The molecule has 0 radical (unpaired) electrons. The largest absolute Gasteiger partial charge is 0.464 e. The summed E-state index contributed by atoms with van der Waals surface area (Å²) in [5.41, 5.74) is 6.28. The SMILES string of the molecule is COC(=O)c1nc(-c2ccc([Si](C)(C)C)c(F)c2)c(Cl)c(N)c1Cl. The maximum absolute atomic E-state index is 14.5. The number of methoxy groups -OCH3 is 1. The molecule has 0 aliphatic carbocycles. The molecule has 0 atom stereocenters. The monoisotopic (exact) mass is 386 g/mol. The molecule has 1 aromatic carbocycles. The van der Waals surface area contributed by atoms with Gasteiger partial charge in [0, 0.05) is 5.56 Å². The highest BCUT2D eigenvalue weighted by atomic mass is 35.5. The number of nitrogens with two attached hydrogens (primary N) is 1. The normalized spacial score (nSPS) is 11.5. The first-order valence-electron chi connectivity index (χ1n) is 7.11. The van der Waals surface area contributed by atoms with Crippen LogP contribution in [0, 0.1) is 5.82 Å². The minimum absolute atomic E-state index is 0.00147. The Morgan fingerprint density at radius 3 is 2.38 bits per heavy atom. The third-order valence-electron chi connectivity index (χ3n) is 3.54. The molecule has 2 rings (SSSR count). The molecule has 2 N–H and O–H groups in total. The van der Waals surface area contributed by atoms with Crippen molar-refractivity contribution in [2.45, 2.75) is 19.6 Å². The molecule has 0 aliphatic heterocycles.